The van der Waals surface area contributed by atoms with Crippen molar-refractivity contribution in [3.8, 4) is 0 Å². The molecule has 0 saturated heterocycles. The fourth-order valence-corrected chi connectivity index (χ4v) is 3.35. The van der Waals surface area contributed by atoms with E-state index < -0.39 is 0 Å². The van der Waals surface area contributed by atoms with Crippen LogP contribution < -0.4 is 5.32 Å². The van der Waals surface area contributed by atoms with Gasteiger partial charge in [0.05, 0.1) is 22.9 Å². The second kappa shape index (κ2) is 6.46. The second-order valence-electron chi connectivity index (χ2n) is 6.33. The van der Waals surface area contributed by atoms with Crippen molar-refractivity contribution in [3.05, 3.63) is 65.3 Å². The Hall–Kier alpha value is -2.44. The van der Waals surface area contributed by atoms with Crippen molar-refractivity contribution < 1.29 is 9.90 Å². The van der Waals surface area contributed by atoms with E-state index in [4.69, 9.17) is 11.6 Å². The number of imidazole rings is 1. The molecule has 0 aromatic carbocycles. The van der Waals surface area contributed by atoms with E-state index in [1.54, 1.807) is 35.1 Å². The average molecular weight is 357 g/mol. The molecular weight excluding hydrogens is 340 g/mol. The first-order valence-electron chi connectivity index (χ1n) is 8.14. The molecule has 7 heteroatoms. The van der Waals surface area contributed by atoms with E-state index in [0.29, 0.717) is 29.2 Å². The highest BCUT2D eigenvalue weighted by atomic mass is 35.5. The molecule has 1 unspecified atom stereocenters. The number of aliphatic hydroxyl groups excluding tert-OH is 1. The number of pyridine rings is 2. The van der Waals surface area contributed by atoms with Crippen molar-refractivity contribution in [3.63, 3.8) is 0 Å². The molecule has 1 fully saturated rings. The number of nitrogens with one attached hydrogen (secondary N) is 1. The van der Waals surface area contributed by atoms with Crippen LogP contribution >= 0.6 is 11.6 Å². The minimum Gasteiger partial charge on any atom is -0.393 e. The number of hydrogen-bond donors (Lipinski definition) is 2. The first-order valence-corrected chi connectivity index (χ1v) is 8.52. The van der Waals surface area contributed by atoms with Crippen LogP contribution in [0.1, 0.15) is 35.1 Å². The largest absolute Gasteiger partial charge is 0.393 e. The number of fused-ring (bicyclic) bond motifs is 1. The third-order valence-corrected chi connectivity index (χ3v) is 4.79. The number of aliphatic hydroxyl groups is 1. The smallest absolute Gasteiger partial charge is 0.272 e. The maximum atomic E-state index is 12.7. The van der Waals surface area contributed by atoms with Crippen molar-refractivity contribution in [1.29, 1.82) is 0 Å². The van der Waals surface area contributed by atoms with Crippen LogP contribution in [0.3, 0.4) is 0 Å². The predicted molar refractivity (Wildman–Crippen MR) is 93.4 cm³/mol. The van der Waals surface area contributed by atoms with Gasteiger partial charge in [-0.3, -0.25) is 9.78 Å². The monoisotopic (exact) mass is 356 g/mol. The van der Waals surface area contributed by atoms with E-state index in [2.05, 4.69) is 15.3 Å². The Morgan fingerprint density at radius 1 is 1.28 bits per heavy atom. The van der Waals surface area contributed by atoms with Gasteiger partial charge in [0, 0.05) is 18.6 Å². The molecule has 1 aliphatic carbocycles. The van der Waals surface area contributed by atoms with Gasteiger partial charge in [-0.15, -0.1) is 0 Å². The summed E-state index contributed by atoms with van der Waals surface area (Å²) in [5.74, 6) is -0.0998. The van der Waals surface area contributed by atoms with Crippen LogP contribution in [0.2, 0.25) is 5.02 Å². The Kier molecular flexibility index (Phi) is 4.15. The number of nitrogens with zero attached hydrogens (tertiary/aromatic N) is 3. The maximum Gasteiger partial charge on any atom is 0.272 e. The number of halogens is 1. The van der Waals surface area contributed by atoms with Gasteiger partial charge >= 0.3 is 0 Å². The summed E-state index contributed by atoms with van der Waals surface area (Å²) in [7, 11) is 0. The Bertz CT molecular complexity index is 906. The minimum atomic E-state index is -0.301. The van der Waals surface area contributed by atoms with Crippen molar-refractivity contribution in [1.82, 2.24) is 19.7 Å². The summed E-state index contributed by atoms with van der Waals surface area (Å²) < 4.78 is 1.72. The Labute approximate surface area is 149 Å². The third kappa shape index (κ3) is 3.23. The highest BCUT2D eigenvalue weighted by molar-refractivity contribution is 6.30. The summed E-state index contributed by atoms with van der Waals surface area (Å²) in [6, 6.07) is 8.87. The lowest BCUT2D eigenvalue weighted by molar-refractivity contribution is 0.0228. The molecule has 3 heterocycles. The summed E-state index contributed by atoms with van der Waals surface area (Å²) in [6.07, 6.45) is 6.08. The number of amides is 1. The van der Waals surface area contributed by atoms with Crippen LogP contribution in [0.4, 0.5) is 0 Å². The van der Waals surface area contributed by atoms with Crippen LogP contribution in [0.5, 0.6) is 0 Å². The van der Waals surface area contributed by atoms with Crippen molar-refractivity contribution >= 4 is 23.2 Å². The third-order valence-electron chi connectivity index (χ3n) is 4.56. The van der Waals surface area contributed by atoms with E-state index >= 15 is 0 Å². The van der Waals surface area contributed by atoms with Gasteiger partial charge in [0.1, 0.15) is 11.3 Å². The van der Waals surface area contributed by atoms with Crippen LogP contribution in [-0.2, 0) is 0 Å². The van der Waals surface area contributed by atoms with E-state index in [1.807, 2.05) is 18.2 Å². The fourth-order valence-electron chi connectivity index (χ4n) is 3.18. The molecule has 1 aliphatic rings. The maximum absolute atomic E-state index is 12.7. The van der Waals surface area contributed by atoms with Crippen LogP contribution in [0.25, 0.3) is 5.65 Å². The van der Waals surface area contributed by atoms with Gasteiger partial charge in [-0.25, -0.2) is 4.98 Å². The van der Waals surface area contributed by atoms with Crippen molar-refractivity contribution in [2.45, 2.75) is 25.0 Å². The van der Waals surface area contributed by atoms with Crippen LogP contribution in [0.15, 0.2) is 48.9 Å². The van der Waals surface area contributed by atoms with Gasteiger partial charge < -0.3 is 14.8 Å². The van der Waals surface area contributed by atoms with E-state index in [0.717, 1.165) is 5.69 Å². The zero-order valence-electron chi connectivity index (χ0n) is 13.3. The van der Waals surface area contributed by atoms with Crippen molar-refractivity contribution in [2.24, 2.45) is 5.92 Å². The van der Waals surface area contributed by atoms with Gasteiger partial charge in [-0.2, -0.15) is 0 Å². The van der Waals surface area contributed by atoms with E-state index in [-0.39, 0.29) is 24.0 Å². The summed E-state index contributed by atoms with van der Waals surface area (Å²) in [6.45, 7) is 0. The van der Waals surface area contributed by atoms with Crippen molar-refractivity contribution in [2.75, 3.05) is 0 Å². The molecule has 0 bridgehead atoms. The number of hydrogen-bond acceptors (Lipinski definition) is 4. The number of carbonyl (C=O) groups excluding carboxylic acids is 1. The molecule has 2 N–H and O–H groups in total. The first-order chi connectivity index (χ1) is 12.1. The van der Waals surface area contributed by atoms with Gasteiger partial charge in [0.25, 0.3) is 5.91 Å². The second-order valence-corrected chi connectivity index (χ2v) is 6.77. The molecule has 3 aromatic rings. The topological polar surface area (TPSA) is 79.5 Å². The highest BCUT2D eigenvalue weighted by Gasteiger charge is 2.36. The predicted octanol–water partition coefficient (Wildman–Crippen LogP) is 2.62. The summed E-state index contributed by atoms with van der Waals surface area (Å²) >= 11 is 5.97. The molecule has 25 heavy (non-hydrogen) atoms. The average Bonchev–Trinajstić information content (AvgIpc) is 3.01. The summed E-state index contributed by atoms with van der Waals surface area (Å²) in [4.78, 5) is 21.4. The summed E-state index contributed by atoms with van der Waals surface area (Å²) in [5, 5.41) is 13.2. The molecule has 0 aliphatic heterocycles. The van der Waals surface area contributed by atoms with Crippen LogP contribution in [-0.4, -0.2) is 31.5 Å². The molecule has 0 spiro atoms. The summed E-state index contributed by atoms with van der Waals surface area (Å²) in [5.41, 5.74) is 1.77. The molecule has 1 saturated carbocycles. The fraction of sp³-hybridized carbons (Fsp3) is 0.278. The first kappa shape index (κ1) is 16.1. The number of rotatable bonds is 4. The lowest BCUT2D eigenvalue weighted by Crippen LogP contribution is -2.41. The Morgan fingerprint density at radius 2 is 2.12 bits per heavy atom. The number of carbonyl (C=O) groups is 1. The minimum absolute atomic E-state index is 0.167. The van der Waals surface area contributed by atoms with E-state index in [1.165, 1.54) is 0 Å². The number of aromatic nitrogens is 3. The van der Waals surface area contributed by atoms with Crippen LogP contribution in [0, 0.1) is 5.92 Å². The lowest BCUT2D eigenvalue weighted by atomic mass is 9.76. The molecule has 1 amide bonds. The molecule has 3 aromatic heterocycles. The molecular formula is C18H17ClN4O2. The molecule has 6 nitrogen and oxygen atoms in total. The molecule has 0 radical (unpaired) electrons. The highest BCUT2D eigenvalue weighted by Crippen LogP contribution is 2.37. The molecule has 4 rings (SSSR count). The Balaban J connectivity index is 1.59. The Morgan fingerprint density at radius 3 is 2.84 bits per heavy atom. The standard InChI is InChI=1S/C18H17ClN4O2/c19-12-4-5-16-21-15(10-23(16)9-12)18(25)22-17(11-7-13(24)8-11)14-3-1-2-6-20-14/h1-6,9-11,13,17,24H,7-8H2,(H,22,25). The van der Waals surface area contributed by atoms with Gasteiger partial charge in [0.2, 0.25) is 0 Å². The normalized spacial score (nSPS) is 20.9. The SMILES string of the molecule is O=C(NC(c1ccccn1)C1CC(O)C1)c1cn2cc(Cl)ccc2n1. The lowest BCUT2D eigenvalue weighted by Gasteiger charge is -2.37. The van der Waals surface area contributed by atoms with Gasteiger partial charge in [-0.1, -0.05) is 17.7 Å². The zero-order chi connectivity index (χ0) is 17.4. The molecule has 1 atom stereocenters. The van der Waals surface area contributed by atoms with E-state index in [9.17, 15) is 9.90 Å². The van der Waals surface area contributed by atoms with Gasteiger partial charge in [-0.05, 0) is 43.0 Å². The zero-order valence-corrected chi connectivity index (χ0v) is 14.1. The quantitative estimate of drug-likeness (QED) is 0.753. The van der Waals surface area contributed by atoms with Gasteiger partial charge in [0.15, 0.2) is 0 Å². The molecule has 128 valence electrons.